The molecule has 0 aliphatic carbocycles. The number of rotatable bonds is 7. The first-order valence-electron chi connectivity index (χ1n) is 7.35. The maximum Gasteiger partial charge on any atom is 0.349 e. The van der Waals surface area contributed by atoms with Crippen molar-refractivity contribution in [3.8, 4) is 17.2 Å². The van der Waals surface area contributed by atoms with E-state index in [1.54, 1.807) is 18.2 Å². The van der Waals surface area contributed by atoms with Crippen molar-refractivity contribution >= 4 is 34.4 Å². The van der Waals surface area contributed by atoms with Gasteiger partial charge < -0.3 is 18.9 Å². The van der Waals surface area contributed by atoms with Gasteiger partial charge in [-0.15, -0.1) is 0 Å². The molecule has 9 heteroatoms. The van der Waals surface area contributed by atoms with Crippen LogP contribution in [0.3, 0.4) is 0 Å². The number of methoxy groups -OCH3 is 4. The van der Waals surface area contributed by atoms with Gasteiger partial charge in [0.1, 0.15) is 4.88 Å². The molecule has 0 radical (unpaired) electrons. The predicted octanol–water partition coefficient (Wildman–Crippen LogP) is 2.61. The van der Waals surface area contributed by atoms with E-state index in [9.17, 15) is 9.59 Å². The Morgan fingerprint density at radius 1 is 1.08 bits per heavy atom. The first-order valence-corrected chi connectivity index (χ1v) is 8.17. The zero-order valence-corrected chi connectivity index (χ0v) is 15.5. The van der Waals surface area contributed by atoms with Gasteiger partial charge in [0, 0.05) is 6.08 Å². The fraction of sp³-hybridized carbons (Fsp3) is 0.235. The molecule has 0 fully saturated rings. The quantitative estimate of drug-likeness (QED) is 0.584. The average molecular weight is 378 g/mol. The van der Waals surface area contributed by atoms with E-state index in [0.29, 0.717) is 32.8 Å². The van der Waals surface area contributed by atoms with Gasteiger partial charge in [0.05, 0.1) is 34.6 Å². The van der Waals surface area contributed by atoms with E-state index in [1.807, 2.05) is 0 Å². The number of benzene rings is 1. The van der Waals surface area contributed by atoms with Crippen molar-refractivity contribution in [2.75, 3.05) is 33.8 Å². The van der Waals surface area contributed by atoms with Crippen molar-refractivity contribution in [2.24, 2.45) is 0 Å². The van der Waals surface area contributed by atoms with Gasteiger partial charge in [-0.1, -0.05) is 11.3 Å². The molecule has 8 nitrogen and oxygen atoms in total. The van der Waals surface area contributed by atoms with Crippen LogP contribution in [0, 0.1) is 0 Å². The van der Waals surface area contributed by atoms with E-state index in [2.05, 4.69) is 15.0 Å². The van der Waals surface area contributed by atoms with Gasteiger partial charge in [-0.3, -0.25) is 10.1 Å². The van der Waals surface area contributed by atoms with Gasteiger partial charge in [-0.05, 0) is 23.8 Å². The highest BCUT2D eigenvalue weighted by molar-refractivity contribution is 7.17. The summed E-state index contributed by atoms with van der Waals surface area (Å²) in [6.45, 7) is 0. The molecular formula is C17H18N2O6S. The van der Waals surface area contributed by atoms with E-state index < -0.39 is 11.9 Å². The molecule has 0 saturated carbocycles. The van der Waals surface area contributed by atoms with Gasteiger partial charge in [0.2, 0.25) is 11.7 Å². The van der Waals surface area contributed by atoms with Crippen LogP contribution < -0.4 is 19.5 Å². The van der Waals surface area contributed by atoms with Crippen molar-refractivity contribution in [1.29, 1.82) is 0 Å². The predicted molar refractivity (Wildman–Crippen MR) is 97.2 cm³/mol. The van der Waals surface area contributed by atoms with E-state index in [1.165, 1.54) is 40.7 Å². The fourth-order valence-corrected chi connectivity index (χ4v) is 2.78. The second kappa shape index (κ2) is 8.86. The third-order valence-electron chi connectivity index (χ3n) is 3.24. The molecule has 0 aliphatic rings. The lowest BCUT2D eigenvalue weighted by Gasteiger charge is -2.12. The van der Waals surface area contributed by atoms with Crippen molar-refractivity contribution < 1.29 is 28.5 Å². The highest BCUT2D eigenvalue weighted by Crippen LogP contribution is 2.38. The number of nitrogens with zero attached hydrogens (tertiary/aromatic N) is 1. The van der Waals surface area contributed by atoms with Crippen LogP contribution in [0.25, 0.3) is 6.08 Å². The Bertz CT molecular complexity index is 805. The first-order chi connectivity index (χ1) is 12.5. The van der Waals surface area contributed by atoms with Gasteiger partial charge in [0.15, 0.2) is 16.6 Å². The molecular weight excluding hydrogens is 360 g/mol. The molecule has 0 spiro atoms. The minimum atomic E-state index is -0.504. The lowest BCUT2D eigenvalue weighted by Crippen LogP contribution is -2.07. The van der Waals surface area contributed by atoms with Crippen LogP contribution in [0.4, 0.5) is 5.13 Å². The average Bonchev–Trinajstić information content (AvgIpc) is 3.12. The second-order valence-corrected chi connectivity index (χ2v) is 5.83. The van der Waals surface area contributed by atoms with E-state index in [4.69, 9.17) is 14.2 Å². The maximum atomic E-state index is 12.0. The highest BCUT2D eigenvalue weighted by atomic mass is 32.1. The molecule has 1 amide bonds. The van der Waals surface area contributed by atoms with Gasteiger partial charge in [0.25, 0.3) is 0 Å². The SMILES string of the molecule is COC(=O)c1cnc(NC(=O)/C=C/c2cc(OC)c(OC)c(OC)c2)s1. The number of hydrogen-bond acceptors (Lipinski definition) is 8. The Kier molecular flexibility index (Phi) is 6.56. The van der Waals surface area contributed by atoms with E-state index in [-0.39, 0.29) is 0 Å². The summed E-state index contributed by atoms with van der Waals surface area (Å²) in [7, 11) is 5.82. The minimum Gasteiger partial charge on any atom is -0.493 e. The number of thiazole rings is 1. The van der Waals surface area contributed by atoms with Crippen molar-refractivity contribution in [3.05, 3.63) is 34.8 Å². The smallest absolute Gasteiger partial charge is 0.349 e. The molecule has 0 aliphatic heterocycles. The molecule has 0 bridgehead atoms. The van der Waals surface area contributed by atoms with Crippen molar-refractivity contribution in [1.82, 2.24) is 4.98 Å². The Balaban J connectivity index is 2.12. The number of anilines is 1. The number of aromatic nitrogens is 1. The lowest BCUT2D eigenvalue weighted by atomic mass is 10.1. The Morgan fingerprint density at radius 2 is 1.73 bits per heavy atom. The molecule has 0 saturated heterocycles. The highest BCUT2D eigenvalue weighted by Gasteiger charge is 2.13. The summed E-state index contributed by atoms with van der Waals surface area (Å²) in [4.78, 5) is 27.7. The number of hydrogen-bond donors (Lipinski definition) is 1. The number of carbonyl (C=O) groups excluding carboxylic acids is 2. The van der Waals surface area contributed by atoms with Crippen LogP contribution in [-0.4, -0.2) is 45.3 Å². The minimum absolute atomic E-state index is 0.296. The van der Waals surface area contributed by atoms with Crippen molar-refractivity contribution in [3.63, 3.8) is 0 Å². The second-order valence-electron chi connectivity index (χ2n) is 4.80. The molecule has 0 atom stereocenters. The summed E-state index contributed by atoms with van der Waals surface area (Å²) in [5.74, 6) is 0.527. The largest absolute Gasteiger partial charge is 0.493 e. The van der Waals surface area contributed by atoms with Gasteiger partial charge >= 0.3 is 5.97 Å². The summed E-state index contributed by atoms with van der Waals surface area (Å²) in [5.41, 5.74) is 0.684. The van der Waals surface area contributed by atoms with Crippen LogP contribution in [0.15, 0.2) is 24.4 Å². The summed E-state index contributed by atoms with van der Waals surface area (Å²) >= 11 is 1.02. The molecule has 2 rings (SSSR count). The zero-order valence-electron chi connectivity index (χ0n) is 14.7. The number of amides is 1. The standard InChI is InChI=1S/C17H18N2O6S/c1-22-11-7-10(8-12(23-2)15(11)24-3)5-6-14(20)19-17-18-9-13(26-17)16(21)25-4/h5-9H,1-4H3,(H,18,19,20)/b6-5+. The Morgan fingerprint density at radius 3 is 2.27 bits per heavy atom. The third-order valence-corrected chi connectivity index (χ3v) is 4.13. The van der Waals surface area contributed by atoms with Gasteiger partial charge in [-0.2, -0.15) is 0 Å². The zero-order chi connectivity index (χ0) is 19.1. The van der Waals surface area contributed by atoms with Crippen LogP contribution in [0.1, 0.15) is 15.2 Å². The number of esters is 1. The molecule has 1 aromatic carbocycles. The Hall–Kier alpha value is -3.07. The monoisotopic (exact) mass is 378 g/mol. The number of ether oxygens (including phenoxy) is 4. The summed E-state index contributed by atoms with van der Waals surface area (Å²) in [6, 6.07) is 3.42. The fourth-order valence-electron chi connectivity index (χ4n) is 2.04. The Labute approximate surface area is 154 Å². The van der Waals surface area contributed by atoms with Crippen molar-refractivity contribution in [2.45, 2.75) is 0 Å². The molecule has 26 heavy (non-hydrogen) atoms. The normalized spacial score (nSPS) is 10.5. The molecule has 0 unspecified atom stereocenters. The third kappa shape index (κ3) is 4.51. The topological polar surface area (TPSA) is 96.0 Å². The van der Waals surface area contributed by atoms with Crippen LogP contribution in [0.2, 0.25) is 0 Å². The molecule has 1 heterocycles. The number of carbonyl (C=O) groups is 2. The molecule has 1 N–H and O–H groups in total. The van der Waals surface area contributed by atoms with E-state index >= 15 is 0 Å². The lowest BCUT2D eigenvalue weighted by molar-refractivity contribution is -0.111. The summed E-state index contributed by atoms with van der Waals surface area (Å²) in [6.07, 6.45) is 4.27. The van der Waals surface area contributed by atoms with Crippen LogP contribution >= 0.6 is 11.3 Å². The summed E-state index contributed by atoms with van der Waals surface area (Å²) < 4.78 is 20.4. The molecule has 138 valence electrons. The number of nitrogens with one attached hydrogen (secondary N) is 1. The van der Waals surface area contributed by atoms with Crippen LogP contribution in [-0.2, 0) is 9.53 Å². The summed E-state index contributed by atoms with van der Waals surface area (Å²) in [5, 5.41) is 2.87. The van der Waals surface area contributed by atoms with E-state index in [0.717, 1.165) is 11.3 Å². The maximum absolute atomic E-state index is 12.0. The molecule has 1 aromatic heterocycles. The molecule has 2 aromatic rings. The van der Waals surface area contributed by atoms with Gasteiger partial charge in [-0.25, -0.2) is 9.78 Å². The first kappa shape index (κ1) is 19.3. The van der Waals surface area contributed by atoms with Crippen LogP contribution in [0.5, 0.6) is 17.2 Å².